The molecule has 1 aromatic heterocycles. The van der Waals surface area contributed by atoms with Gasteiger partial charge in [-0.05, 0) is 55.7 Å². The smallest absolute Gasteiger partial charge is 0.327 e. The highest BCUT2D eigenvalue weighted by Gasteiger charge is 2.47. The molecule has 2 atom stereocenters. The van der Waals surface area contributed by atoms with Crippen molar-refractivity contribution in [1.82, 2.24) is 15.1 Å². The van der Waals surface area contributed by atoms with E-state index in [-0.39, 0.29) is 55.6 Å². The Morgan fingerprint density at radius 3 is 2.59 bits per heavy atom. The molecular formula is C25H28FN3O5. The van der Waals surface area contributed by atoms with E-state index >= 15 is 0 Å². The van der Waals surface area contributed by atoms with E-state index in [1.54, 1.807) is 12.1 Å². The van der Waals surface area contributed by atoms with Gasteiger partial charge in [0.25, 0.3) is 0 Å². The first-order valence-electron chi connectivity index (χ1n) is 11.6. The Bertz CT molecular complexity index is 1040. The molecular weight excluding hydrogens is 441 g/mol. The van der Waals surface area contributed by atoms with E-state index in [1.165, 1.54) is 40.3 Å². The third-order valence-electron chi connectivity index (χ3n) is 6.50. The van der Waals surface area contributed by atoms with Gasteiger partial charge in [-0.3, -0.25) is 19.3 Å². The van der Waals surface area contributed by atoms with Gasteiger partial charge in [-0.2, -0.15) is 0 Å². The van der Waals surface area contributed by atoms with Crippen molar-refractivity contribution in [3.63, 3.8) is 0 Å². The highest BCUT2D eigenvalue weighted by atomic mass is 19.1. The number of nitrogens with one attached hydrogen (secondary N) is 1. The fraction of sp³-hybridized carbons (Fsp3) is 0.440. The summed E-state index contributed by atoms with van der Waals surface area (Å²) in [4.78, 5) is 54.0. The molecule has 0 spiro atoms. The maximum absolute atomic E-state index is 13.3. The van der Waals surface area contributed by atoms with Crippen molar-refractivity contribution in [3.8, 4) is 0 Å². The summed E-state index contributed by atoms with van der Waals surface area (Å²) in [5.41, 5.74) is 0.318. The fourth-order valence-electron chi connectivity index (χ4n) is 4.72. The van der Waals surface area contributed by atoms with Gasteiger partial charge in [0.15, 0.2) is 5.78 Å². The molecule has 4 amide bonds. The second kappa shape index (κ2) is 10.6. The van der Waals surface area contributed by atoms with Crippen molar-refractivity contribution in [3.05, 3.63) is 59.8 Å². The van der Waals surface area contributed by atoms with Gasteiger partial charge in [0.2, 0.25) is 11.8 Å². The molecule has 0 radical (unpaired) electrons. The minimum atomic E-state index is -0.500. The highest BCUT2D eigenvalue weighted by Crippen LogP contribution is 2.34. The number of imide groups is 1. The van der Waals surface area contributed by atoms with Crippen LogP contribution in [0.1, 0.15) is 54.6 Å². The Labute approximate surface area is 197 Å². The zero-order chi connectivity index (χ0) is 24.1. The van der Waals surface area contributed by atoms with Gasteiger partial charge < -0.3 is 14.6 Å². The van der Waals surface area contributed by atoms with Crippen LogP contribution in [0.2, 0.25) is 0 Å². The summed E-state index contributed by atoms with van der Waals surface area (Å²) in [7, 11) is 0. The number of nitrogens with zero attached hydrogens (tertiary/aromatic N) is 2. The lowest BCUT2D eigenvalue weighted by molar-refractivity contribution is -0.140. The molecule has 2 unspecified atom stereocenters. The number of amides is 4. The number of ketones is 1. The normalized spacial score (nSPS) is 20.3. The molecule has 1 saturated heterocycles. The van der Waals surface area contributed by atoms with Crippen molar-refractivity contribution in [2.45, 2.75) is 51.1 Å². The maximum Gasteiger partial charge on any atom is 0.327 e. The Balaban J connectivity index is 1.39. The van der Waals surface area contributed by atoms with Gasteiger partial charge >= 0.3 is 6.03 Å². The Morgan fingerprint density at radius 1 is 1.09 bits per heavy atom. The summed E-state index contributed by atoms with van der Waals surface area (Å²) < 4.78 is 18.4. The first kappa shape index (κ1) is 23.7. The van der Waals surface area contributed by atoms with Crippen LogP contribution in [0.5, 0.6) is 0 Å². The summed E-state index contributed by atoms with van der Waals surface area (Å²) >= 11 is 0. The van der Waals surface area contributed by atoms with E-state index < -0.39 is 11.8 Å². The van der Waals surface area contributed by atoms with Crippen LogP contribution in [0.3, 0.4) is 0 Å². The predicted octanol–water partition coefficient (Wildman–Crippen LogP) is 3.52. The molecule has 1 aliphatic carbocycles. The molecule has 2 heterocycles. The van der Waals surface area contributed by atoms with Crippen LogP contribution in [0, 0.1) is 11.7 Å². The number of hydrogen-bond acceptors (Lipinski definition) is 5. The minimum absolute atomic E-state index is 0.107. The number of rotatable bonds is 9. The average Bonchev–Trinajstić information content (AvgIpc) is 3.37. The zero-order valence-corrected chi connectivity index (χ0v) is 18.9. The lowest BCUT2D eigenvalue weighted by Crippen LogP contribution is -2.63. The van der Waals surface area contributed by atoms with E-state index in [2.05, 4.69) is 5.32 Å². The number of furan rings is 1. The van der Waals surface area contributed by atoms with Crippen LogP contribution in [0.25, 0.3) is 0 Å². The number of hydrogen-bond donors (Lipinski definition) is 1. The third-order valence-corrected chi connectivity index (χ3v) is 6.50. The summed E-state index contributed by atoms with van der Waals surface area (Å²) in [5, 5.41) is 2.74. The van der Waals surface area contributed by atoms with Gasteiger partial charge in [-0.1, -0.05) is 12.8 Å². The summed E-state index contributed by atoms with van der Waals surface area (Å²) in [6.07, 6.45) is 5.11. The fourth-order valence-corrected chi connectivity index (χ4v) is 4.72. The zero-order valence-electron chi connectivity index (χ0n) is 18.9. The van der Waals surface area contributed by atoms with Crippen molar-refractivity contribution >= 4 is 23.6 Å². The highest BCUT2D eigenvalue weighted by molar-refractivity contribution is 6.03. The molecule has 8 nitrogen and oxygen atoms in total. The maximum atomic E-state index is 13.3. The number of benzene rings is 1. The summed E-state index contributed by atoms with van der Waals surface area (Å²) in [6.45, 7) is 0.214. The second-order valence-corrected chi connectivity index (χ2v) is 8.75. The largest absolute Gasteiger partial charge is 0.467 e. The molecule has 0 bridgehead atoms. The van der Waals surface area contributed by atoms with Gasteiger partial charge in [0.05, 0.1) is 25.3 Å². The standard InChI is InChI=1S/C25H28FN3O5/c26-18-11-9-17(10-12-18)22(30)16-29-21-7-2-1-6-20(21)24(32)28(25(29)33)13-3-8-23(31)27-15-19-5-4-14-34-19/h4-5,9-12,14,20-21H,1-3,6-8,13,15-16H2,(H,27,31). The molecule has 1 aromatic carbocycles. The number of carbonyl (C=O) groups is 4. The Kier molecular flexibility index (Phi) is 7.40. The molecule has 2 fully saturated rings. The van der Waals surface area contributed by atoms with Crippen molar-refractivity contribution in [1.29, 1.82) is 0 Å². The van der Waals surface area contributed by atoms with Crippen molar-refractivity contribution < 1.29 is 28.0 Å². The van der Waals surface area contributed by atoms with Crippen LogP contribution in [-0.2, 0) is 16.1 Å². The minimum Gasteiger partial charge on any atom is -0.467 e. The molecule has 4 rings (SSSR count). The SMILES string of the molecule is O=C(CCCN1C(=O)C2CCCCC2N(CC(=O)c2ccc(F)cc2)C1=O)NCc1ccco1. The summed E-state index contributed by atoms with van der Waals surface area (Å²) in [5.74, 6) is -0.879. The Hall–Kier alpha value is -3.49. The number of fused-ring (bicyclic) bond motifs is 1. The topological polar surface area (TPSA) is 99.9 Å². The molecule has 1 aliphatic heterocycles. The van der Waals surface area contributed by atoms with Crippen LogP contribution < -0.4 is 5.32 Å². The number of Topliss-reactive ketones (excluding diaryl/α,β-unsaturated/α-hetero) is 1. The second-order valence-electron chi connectivity index (χ2n) is 8.75. The molecule has 34 heavy (non-hydrogen) atoms. The lowest BCUT2D eigenvalue weighted by atomic mass is 9.81. The average molecular weight is 470 g/mol. The van der Waals surface area contributed by atoms with Crippen LogP contribution >= 0.6 is 0 Å². The first-order chi connectivity index (χ1) is 16.4. The molecule has 2 aliphatic rings. The molecule has 1 saturated carbocycles. The Morgan fingerprint density at radius 2 is 1.85 bits per heavy atom. The summed E-state index contributed by atoms with van der Waals surface area (Å²) in [6, 6.07) is 7.89. The quantitative estimate of drug-likeness (QED) is 0.567. The van der Waals surface area contributed by atoms with Crippen molar-refractivity contribution in [2.75, 3.05) is 13.1 Å². The van der Waals surface area contributed by atoms with Crippen LogP contribution in [0.4, 0.5) is 9.18 Å². The van der Waals surface area contributed by atoms with E-state index in [9.17, 15) is 23.6 Å². The van der Waals surface area contributed by atoms with E-state index in [0.29, 0.717) is 30.6 Å². The van der Waals surface area contributed by atoms with Crippen molar-refractivity contribution in [2.24, 2.45) is 5.92 Å². The molecule has 1 N–H and O–H groups in total. The molecule has 180 valence electrons. The van der Waals surface area contributed by atoms with E-state index in [0.717, 1.165) is 12.8 Å². The third kappa shape index (κ3) is 5.35. The van der Waals surface area contributed by atoms with Gasteiger partial charge in [-0.15, -0.1) is 0 Å². The number of carbonyl (C=O) groups excluding carboxylic acids is 4. The van der Waals surface area contributed by atoms with E-state index in [1.807, 2.05) is 0 Å². The van der Waals surface area contributed by atoms with Crippen LogP contribution in [0.15, 0.2) is 47.1 Å². The first-order valence-corrected chi connectivity index (χ1v) is 11.6. The van der Waals surface area contributed by atoms with Gasteiger partial charge in [0, 0.05) is 24.6 Å². The van der Waals surface area contributed by atoms with Crippen LogP contribution in [-0.4, -0.2) is 52.6 Å². The van der Waals surface area contributed by atoms with Gasteiger partial charge in [0.1, 0.15) is 11.6 Å². The predicted molar refractivity (Wildman–Crippen MR) is 120 cm³/mol. The monoisotopic (exact) mass is 469 g/mol. The number of urea groups is 1. The number of halogens is 1. The van der Waals surface area contributed by atoms with E-state index in [4.69, 9.17) is 4.42 Å². The molecule has 9 heteroatoms. The lowest BCUT2D eigenvalue weighted by Gasteiger charge is -2.46. The van der Waals surface area contributed by atoms with Gasteiger partial charge in [-0.25, -0.2) is 9.18 Å². The molecule has 2 aromatic rings.